The lowest BCUT2D eigenvalue weighted by molar-refractivity contribution is -0.438. The van der Waals surface area contributed by atoms with Crippen LogP contribution >= 0.6 is 0 Å². The van der Waals surface area contributed by atoms with E-state index in [9.17, 15) is 13.2 Å². The molecule has 0 unspecified atom stereocenters. The molecule has 0 fully saturated rings. The smallest absolute Gasteiger partial charge is 0.485 e. The van der Waals surface area contributed by atoms with Gasteiger partial charge in [-0.15, -0.1) is 0 Å². The molecular weight excluding hydrogens is 886 g/mol. The van der Waals surface area contributed by atoms with Gasteiger partial charge in [0.25, 0.3) is 0 Å². The molecule has 69 heavy (non-hydrogen) atoms. The van der Waals surface area contributed by atoms with Crippen LogP contribution in [0.5, 0.6) is 0 Å². The van der Waals surface area contributed by atoms with Crippen LogP contribution < -0.4 is 4.90 Å². The summed E-state index contributed by atoms with van der Waals surface area (Å²) in [5, 5.41) is 0. The number of fused-ring (bicyclic) bond motifs is 2. The molecule has 0 atom stereocenters. The molecule has 0 saturated heterocycles. The van der Waals surface area contributed by atoms with Crippen molar-refractivity contribution < 1.29 is 30.7 Å². The van der Waals surface area contributed by atoms with Gasteiger partial charge in [0.1, 0.15) is 6.54 Å². The normalized spacial score (nSPS) is 16.3. The number of hydrogen-bond donors (Lipinski definition) is 0. The van der Waals surface area contributed by atoms with Gasteiger partial charge in [0.05, 0.1) is 5.41 Å². The highest BCUT2D eigenvalue weighted by molar-refractivity contribution is 7.86. The van der Waals surface area contributed by atoms with Crippen LogP contribution in [0.4, 0.5) is 24.5 Å². The zero-order valence-electron chi connectivity index (χ0n) is 43.5. The Morgan fingerprint density at radius 3 is 1.52 bits per heavy atom. The van der Waals surface area contributed by atoms with Crippen molar-refractivity contribution in [1.82, 2.24) is 0 Å². The fraction of sp³-hybridized carbons (Fsp3) is 0.583. The minimum absolute atomic E-state index is 0.0288. The number of rotatable bonds is 32. The highest BCUT2D eigenvalue weighted by Crippen LogP contribution is 2.48. The van der Waals surface area contributed by atoms with Gasteiger partial charge in [-0.2, -0.15) is 17.7 Å². The minimum Gasteiger partial charge on any atom is -0.741 e. The Bertz CT molecular complexity index is 2110. The minimum atomic E-state index is -6.09. The number of halogens is 3. The maximum atomic E-state index is 10.7. The molecule has 2 heterocycles. The van der Waals surface area contributed by atoms with E-state index >= 15 is 0 Å². The van der Waals surface area contributed by atoms with Crippen molar-refractivity contribution in [2.45, 2.75) is 212 Å². The number of para-hydroxylation sites is 2. The van der Waals surface area contributed by atoms with E-state index in [4.69, 9.17) is 13.0 Å². The van der Waals surface area contributed by atoms with Crippen LogP contribution in [0.1, 0.15) is 207 Å². The molecule has 2 aromatic carbocycles. The van der Waals surface area contributed by atoms with Crippen LogP contribution in [0, 0.1) is 0 Å². The molecule has 4 rings (SSSR count). The van der Waals surface area contributed by atoms with Crippen molar-refractivity contribution in [1.29, 1.82) is 0 Å². The van der Waals surface area contributed by atoms with Crippen molar-refractivity contribution in [2.75, 3.05) is 18.0 Å². The van der Waals surface area contributed by atoms with Crippen LogP contribution in [-0.2, 0) is 20.9 Å². The number of nitrogens with zero attached hydrogens (tertiary/aromatic N) is 2. The van der Waals surface area contributed by atoms with Gasteiger partial charge in [-0.05, 0) is 109 Å². The third kappa shape index (κ3) is 20.7. The molecular formula is C60H89F3N2O3S. The number of alkyl halides is 3. The number of benzene rings is 2. The van der Waals surface area contributed by atoms with Crippen molar-refractivity contribution in [2.24, 2.45) is 0 Å². The van der Waals surface area contributed by atoms with Crippen LogP contribution in [0.2, 0.25) is 0 Å². The van der Waals surface area contributed by atoms with Crippen LogP contribution in [0.25, 0.3) is 0 Å². The van der Waals surface area contributed by atoms with Crippen LogP contribution in [-0.4, -0.2) is 41.9 Å². The van der Waals surface area contributed by atoms with Gasteiger partial charge in [0.2, 0.25) is 5.69 Å². The molecule has 0 saturated carbocycles. The van der Waals surface area contributed by atoms with Gasteiger partial charge in [-0.1, -0.05) is 189 Å². The lowest BCUT2D eigenvalue weighted by Crippen LogP contribution is -2.28. The first-order valence-electron chi connectivity index (χ1n) is 26.7. The van der Waals surface area contributed by atoms with E-state index in [1.807, 2.05) is 0 Å². The van der Waals surface area contributed by atoms with E-state index in [0.29, 0.717) is 0 Å². The molecule has 0 bridgehead atoms. The maximum absolute atomic E-state index is 10.7. The Balaban J connectivity index is 0.00000144. The summed E-state index contributed by atoms with van der Waals surface area (Å²) in [7, 11) is -6.09. The average Bonchev–Trinajstić information content (AvgIpc) is 3.66. The Hall–Kier alpha value is -3.95. The number of hydrogen-bond acceptors (Lipinski definition) is 4. The van der Waals surface area contributed by atoms with Gasteiger partial charge >= 0.3 is 5.51 Å². The third-order valence-corrected chi connectivity index (χ3v) is 14.1. The molecule has 5 nitrogen and oxygen atoms in total. The maximum Gasteiger partial charge on any atom is 0.485 e. The summed E-state index contributed by atoms with van der Waals surface area (Å²) in [5.41, 5.74) is 2.86. The molecule has 0 spiro atoms. The highest BCUT2D eigenvalue weighted by Gasteiger charge is 2.44. The predicted octanol–water partition coefficient (Wildman–Crippen LogP) is 18.0. The average molecular weight is 975 g/mol. The lowest BCUT2D eigenvalue weighted by Gasteiger charge is -2.27. The molecule has 0 aliphatic carbocycles. The Labute approximate surface area is 418 Å². The molecule has 2 aromatic rings. The standard InChI is InChI=1S/C59H89N2.CHF3O3S/c1-7-9-11-13-15-17-19-21-23-25-27-29-31-33-35-41-50-60-54-46-39-37-44-52(54)58(3,4)56(60)48-43-49-57-59(5,6)53-45-38-40-47-55(53)61(57)51-42-36-34-32-30-28-26-24-22-20-18-16-14-12-10-8-2;2-1(3,4)8(5,6)7/h15-18,21-24,37-40,43-49H,7-14,19-20,25-36,41-42,50-51H2,1-6H3;(H,5,6,7)/q+1;/p-1/b17-15-,18-16-,23-21-,24-22-;. The zero-order valence-corrected chi connectivity index (χ0v) is 44.3. The van der Waals surface area contributed by atoms with Crippen molar-refractivity contribution in [3.63, 3.8) is 0 Å². The van der Waals surface area contributed by atoms with E-state index in [0.717, 1.165) is 25.9 Å². The summed E-state index contributed by atoms with van der Waals surface area (Å²) < 4.78 is 61.5. The quantitative estimate of drug-likeness (QED) is 0.0241. The van der Waals surface area contributed by atoms with E-state index in [1.54, 1.807) is 0 Å². The SMILES string of the molecule is CCCCC/C=C\C/C=C\CCCCCCCCN1/C(=C/C=C/C2=[N+](CCCCCCCC/C=C\C/C=C\CCCCC)c3ccccc3C2(C)C)C(C)(C)c2ccccc21.O=S(=O)([O-])C(F)(F)F. The molecule has 384 valence electrons. The first-order chi connectivity index (χ1) is 33.1. The lowest BCUT2D eigenvalue weighted by atomic mass is 9.81. The van der Waals surface area contributed by atoms with E-state index in [-0.39, 0.29) is 10.8 Å². The largest absolute Gasteiger partial charge is 0.741 e. The third-order valence-electron chi connectivity index (χ3n) is 13.6. The topological polar surface area (TPSA) is 63.5 Å². The molecule has 0 N–H and O–H groups in total. The van der Waals surface area contributed by atoms with E-state index in [1.165, 1.54) is 175 Å². The first kappa shape index (κ1) is 59.4. The summed E-state index contributed by atoms with van der Waals surface area (Å²) in [5.74, 6) is 0. The van der Waals surface area contributed by atoms with Gasteiger partial charge in [0, 0.05) is 47.5 Å². The number of anilines is 1. The molecule has 2 aliphatic heterocycles. The van der Waals surface area contributed by atoms with Crippen LogP contribution in [0.15, 0.2) is 121 Å². The van der Waals surface area contributed by atoms with E-state index in [2.05, 4.69) is 166 Å². The Morgan fingerprint density at radius 2 is 1.01 bits per heavy atom. The summed E-state index contributed by atoms with van der Waals surface area (Å²) in [6.45, 7) is 16.4. The summed E-state index contributed by atoms with van der Waals surface area (Å²) in [6, 6.07) is 18.3. The van der Waals surface area contributed by atoms with Gasteiger partial charge in [-0.25, -0.2) is 8.42 Å². The van der Waals surface area contributed by atoms with E-state index < -0.39 is 15.6 Å². The highest BCUT2D eigenvalue weighted by atomic mass is 32.2. The fourth-order valence-corrected chi connectivity index (χ4v) is 9.51. The van der Waals surface area contributed by atoms with Crippen molar-refractivity contribution >= 4 is 27.2 Å². The molecule has 0 aromatic heterocycles. The molecule has 2 aliphatic rings. The molecule has 0 radical (unpaired) electrons. The summed E-state index contributed by atoms with van der Waals surface area (Å²) in [4.78, 5) is 2.64. The first-order valence-corrected chi connectivity index (χ1v) is 28.1. The number of unbranched alkanes of at least 4 members (excludes halogenated alkanes) is 18. The van der Waals surface area contributed by atoms with Crippen molar-refractivity contribution in [3.05, 3.63) is 132 Å². The zero-order chi connectivity index (χ0) is 50.4. The molecule has 0 amide bonds. The monoisotopic (exact) mass is 975 g/mol. The van der Waals surface area contributed by atoms with Gasteiger partial charge < -0.3 is 9.45 Å². The fourth-order valence-electron chi connectivity index (χ4n) is 9.51. The molecule has 9 heteroatoms. The van der Waals surface area contributed by atoms with Crippen LogP contribution in [0.3, 0.4) is 0 Å². The van der Waals surface area contributed by atoms with Gasteiger partial charge in [-0.3, -0.25) is 0 Å². The Morgan fingerprint density at radius 1 is 0.580 bits per heavy atom. The van der Waals surface area contributed by atoms with Crippen molar-refractivity contribution in [3.8, 4) is 0 Å². The summed E-state index contributed by atoms with van der Waals surface area (Å²) >= 11 is 0. The number of allylic oxidation sites excluding steroid dienone is 12. The summed E-state index contributed by atoms with van der Waals surface area (Å²) in [6.07, 6.45) is 57.0. The second-order valence-electron chi connectivity index (χ2n) is 20.0. The Kier molecular flexibility index (Phi) is 27.6. The second kappa shape index (κ2) is 32.1. The second-order valence-corrected chi connectivity index (χ2v) is 21.3. The predicted molar refractivity (Wildman–Crippen MR) is 288 cm³/mol. The van der Waals surface area contributed by atoms with Gasteiger partial charge in [0.15, 0.2) is 15.8 Å².